The average molecular weight is 170 g/mol. The highest BCUT2D eigenvalue weighted by Gasteiger charge is 2.45. The number of carbonyl (C=O) groups excluding carboxylic acids is 1. The number of hydrogen-bond donors (Lipinski definition) is 0. The van der Waals surface area contributed by atoms with Crippen LogP contribution in [-0.4, -0.2) is 24.8 Å². The third-order valence-corrected chi connectivity index (χ3v) is 2.82. The molecule has 1 heterocycles. The Kier molecular flexibility index (Phi) is 1.93. The van der Waals surface area contributed by atoms with Gasteiger partial charge in [-0.15, -0.1) is 0 Å². The van der Waals surface area contributed by atoms with E-state index in [2.05, 4.69) is 0 Å². The van der Waals surface area contributed by atoms with E-state index >= 15 is 0 Å². The van der Waals surface area contributed by atoms with Crippen molar-refractivity contribution in [2.24, 2.45) is 5.92 Å². The molecule has 2 fully saturated rings. The summed E-state index contributed by atoms with van der Waals surface area (Å²) >= 11 is 0. The lowest BCUT2D eigenvalue weighted by atomic mass is 10.0. The molecule has 12 heavy (non-hydrogen) atoms. The molecule has 1 aliphatic heterocycles. The lowest BCUT2D eigenvalue weighted by molar-refractivity contribution is -0.154. The van der Waals surface area contributed by atoms with Gasteiger partial charge in [-0.1, -0.05) is 0 Å². The van der Waals surface area contributed by atoms with Crippen LogP contribution in [0.1, 0.15) is 26.2 Å². The second kappa shape index (κ2) is 2.82. The third kappa shape index (κ3) is 1.27. The van der Waals surface area contributed by atoms with E-state index < -0.39 is 0 Å². The Morgan fingerprint density at radius 3 is 2.58 bits per heavy atom. The molecule has 0 aromatic heterocycles. The van der Waals surface area contributed by atoms with Gasteiger partial charge in [0.15, 0.2) is 5.79 Å². The topological polar surface area (TPSA) is 35.5 Å². The van der Waals surface area contributed by atoms with Gasteiger partial charge >= 0.3 is 0 Å². The van der Waals surface area contributed by atoms with Gasteiger partial charge in [-0.3, -0.25) is 4.79 Å². The van der Waals surface area contributed by atoms with Crippen molar-refractivity contribution >= 4 is 5.78 Å². The second-order valence-electron chi connectivity index (χ2n) is 3.66. The largest absolute Gasteiger partial charge is 0.348 e. The molecule has 0 N–H and O–H groups in total. The van der Waals surface area contributed by atoms with Crippen LogP contribution in [-0.2, 0) is 14.3 Å². The summed E-state index contributed by atoms with van der Waals surface area (Å²) in [5, 5.41) is 0. The molecular weight excluding hydrogens is 156 g/mol. The smallest absolute Gasteiger partial charge is 0.169 e. The van der Waals surface area contributed by atoms with Crippen LogP contribution in [0.3, 0.4) is 0 Å². The Hall–Kier alpha value is -0.410. The molecule has 0 unspecified atom stereocenters. The van der Waals surface area contributed by atoms with Crippen LogP contribution in [0.4, 0.5) is 0 Å². The van der Waals surface area contributed by atoms with Gasteiger partial charge in [0.25, 0.3) is 0 Å². The van der Waals surface area contributed by atoms with Gasteiger partial charge in [0.2, 0.25) is 0 Å². The molecule has 0 radical (unpaired) electrons. The molecule has 0 aromatic rings. The molecule has 0 bridgehead atoms. The van der Waals surface area contributed by atoms with Gasteiger partial charge in [-0.2, -0.15) is 0 Å². The fraction of sp³-hybridized carbons (Fsp3) is 0.889. The minimum Gasteiger partial charge on any atom is -0.348 e. The summed E-state index contributed by atoms with van der Waals surface area (Å²) < 4.78 is 11.0. The molecule has 1 saturated heterocycles. The van der Waals surface area contributed by atoms with Crippen molar-refractivity contribution in [1.29, 1.82) is 0 Å². The normalized spacial score (nSPS) is 32.9. The van der Waals surface area contributed by atoms with Crippen molar-refractivity contribution in [1.82, 2.24) is 0 Å². The molecule has 1 saturated carbocycles. The predicted octanol–water partition coefficient (Wildman–Crippen LogP) is 1.12. The summed E-state index contributed by atoms with van der Waals surface area (Å²) in [4.78, 5) is 11.1. The van der Waals surface area contributed by atoms with Gasteiger partial charge in [0, 0.05) is 18.8 Å². The highest BCUT2D eigenvalue weighted by Crippen LogP contribution is 2.40. The first-order chi connectivity index (χ1) is 5.72. The van der Waals surface area contributed by atoms with E-state index in [9.17, 15) is 4.79 Å². The summed E-state index contributed by atoms with van der Waals surface area (Å²) in [7, 11) is 0. The standard InChI is InChI=1S/C9H14O3/c1-7(10)8-2-3-9(6-8)11-4-5-12-9/h8H,2-6H2,1H3/t8-/m0/s1. The monoisotopic (exact) mass is 170 g/mol. The third-order valence-electron chi connectivity index (χ3n) is 2.82. The molecule has 1 atom stereocenters. The van der Waals surface area contributed by atoms with Crippen molar-refractivity contribution < 1.29 is 14.3 Å². The zero-order valence-electron chi connectivity index (χ0n) is 7.34. The minimum absolute atomic E-state index is 0.170. The number of Topliss-reactive ketones (excluding diaryl/α,β-unsaturated/α-hetero) is 1. The van der Waals surface area contributed by atoms with Crippen molar-refractivity contribution in [2.75, 3.05) is 13.2 Å². The Morgan fingerprint density at radius 1 is 1.42 bits per heavy atom. The number of ketones is 1. The maximum Gasteiger partial charge on any atom is 0.169 e. The molecule has 2 rings (SSSR count). The summed E-state index contributed by atoms with van der Waals surface area (Å²) in [6.07, 6.45) is 2.58. The van der Waals surface area contributed by atoms with Crippen LogP contribution in [0.15, 0.2) is 0 Å². The van der Waals surface area contributed by atoms with Crippen molar-refractivity contribution in [3.63, 3.8) is 0 Å². The van der Waals surface area contributed by atoms with E-state index in [4.69, 9.17) is 9.47 Å². The molecule has 3 nitrogen and oxygen atoms in total. The fourth-order valence-corrected chi connectivity index (χ4v) is 2.08. The number of hydrogen-bond acceptors (Lipinski definition) is 3. The Labute approximate surface area is 72.0 Å². The second-order valence-corrected chi connectivity index (χ2v) is 3.66. The summed E-state index contributed by atoms with van der Waals surface area (Å²) in [5.41, 5.74) is 0. The van der Waals surface area contributed by atoms with Gasteiger partial charge < -0.3 is 9.47 Å². The SMILES string of the molecule is CC(=O)[C@H]1CCC2(C1)OCCO2. The van der Waals surface area contributed by atoms with E-state index in [0.29, 0.717) is 13.2 Å². The van der Waals surface area contributed by atoms with E-state index in [0.717, 1.165) is 19.3 Å². The Balaban J connectivity index is 2.01. The van der Waals surface area contributed by atoms with Gasteiger partial charge in [0.1, 0.15) is 5.78 Å². The van der Waals surface area contributed by atoms with E-state index in [1.54, 1.807) is 6.92 Å². The predicted molar refractivity (Wildman–Crippen MR) is 42.7 cm³/mol. The molecule has 1 aliphatic carbocycles. The summed E-state index contributed by atoms with van der Waals surface area (Å²) in [6, 6.07) is 0. The van der Waals surface area contributed by atoms with Gasteiger partial charge in [-0.25, -0.2) is 0 Å². The van der Waals surface area contributed by atoms with Crippen molar-refractivity contribution in [3.8, 4) is 0 Å². The Bertz CT molecular complexity index is 194. The molecule has 3 heteroatoms. The fourth-order valence-electron chi connectivity index (χ4n) is 2.08. The maximum atomic E-state index is 11.1. The van der Waals surface area contributed by atoms with Crippen LogP contribution in [0, 0.1) is 5.92 Å². The molecule has 1 spiro atoms. The first kappa shape index (κ1) is 8.20. The quantitative estimate of drug-likeness (QED) is 0.591. The van der Waals surface area contributed by atoms with Crippen LogP contribution in [0.2, 0.25) is 0 Å². The number of rotatable bonds is 1. The summed E-state index contributed by atoms with van der Waals surface area (Å²) in [6.45, 7) is 3.02. The van der Waals surface area contributed by atoms with Crippen LogP contribution in [0.25, 0.3) is 0 Å². The van der Waals surface area contributed by atoms with E-state index in [1.165, 1.54) is 0 Å². The van der Waals surface area contributed by atoms with Crippen molar-refractivity contribution in [2.45, 2.75) is 32.0 Å². The first-order valence-electron chi connectivity index (χ1n) is 4.50. The number of ether oxygens (including phenoxy) is 2. The van der Waals surface area contributed by atoms with Gasteiger partial charge in [-0.05, 0) is 13.3 Å². The van der Waals surface area contributed by atoms with Crippen LogP contribution >= 0.6 is 0 Å². The van der Waals surface area contributed by atoms with Gasteiger partial charge in [0.05, 0.1) is 13.2 Å². The summed E-state index contributed by atoms with van der Waals surface area (Å²) in [5.74, 6) is 0.0603. The molecular formula is C9H14O3. The van der Waals surface area contributed by atoms with E-state index in [1.807, 2.05) is 0 Å². The van der Waals surface area contributed by atoms with Crippen LogP contribution < -0.4 is 0 Å². The number of carbonyl (C=O) groups is 1. The maximum absolute atomic E-state index is 11.1. The highest BCUT2D eigenvalue weighted by atomic mass is 16.7. The van der Waals surface area contributed by atoms with Crippen molar-refractivity contribution in [3.05, 3.63) is 0 Å². The van der Waals surface area contributed by atoms with Crippen LogP contribution in [0.5, 0.6) is 0 Å². The molecule has 2 aliphatic rings. The average Bonchev–Trinajstić information content (AvgIpc) is 2.62. The highest BCUT2D eigenvalue weighted by molar-refractivity contribution is 5.78. The molecule has 68 valence electrons. The zero-order chi connectivity index (χ0) is 8.60. The lowest BCUT2D eigenvalue weighted by Gasteiger charge is -2.20. The first-order valence-corrected chi connectivity index (χ1v) is 4.50. The zero-order valence-corrected chi connectivity index (χ0v) is 7.34. The van der Waals surface area contributed by atoms with E-state index in [-0.39, 0.29) is 17.5 Å². The Morgan fingerprint density at radius 2 is 2.08 bits per heavy atom. The lowest BCUT2D eigenvalue weighted by Crippen LogP contribution is -2.26. The molecule has 0 amide bonds. The molecule has 0 aromatic carbocycles. The minimum atomic E-state index is -0.379.